The van der Waals surface area contributed by atoms with Gasteiger partial charge in [0.05, 0.1) is 18.6 Å². The van der Waals surface area contributed by atoms with Crippen LogP contribution in [0.4, 0.5) is 0 Å². The lowest BCUT2D eigenvalue weighted by Gasteiger charge is -2.28. The van der Waals surface area contributed by atoms with Crippen LogP contribution >= 0.6 is 0 Å². The number of hydrogen-bond donors (Lipinski definition) is 1. The molecule has 2 aliphatic heterocycles. The molecule has 2 atom stereocenters. The minimum Gasteiger partial charge on any atom is -0.377 e. The van der Waals surface area contributed by atoms with Crippen molar-refractivity contribution in [3.05, 3.63) is 11.9 Å². The molecule has 0 aliphatic carbocycles. The van der Waals surface area contributed by atoms with Gasteiger partial charge in [0.15, 0.2) is 0 Å². The Morgan fingerprint density at radius 3 is 2.91 bits per heavy atom. The highest BCUT2D eigenvalue weighted by Gasteiger charge is 2.37. The maximum absolute atomic E-state index is 12.8. The number of nitrogens with one attached hydrogen (secondary N) is 1. The average molecular weight is 321 g/mol. The van der Waals surface area contributed by atoms with Gasteiger partial charge < -0.3 is 15.0 Å². The summed E-state index contributed by atoms with van der Waals surface area (Å²) in [5, 5.41) is 11.4. The third-order valence-electron chi connectivity index (χ3n) is 4.98. The van der Waals surface area contributed by atoms with Crippen molar-refractivity contribution in [2.24, 2.45) is 18.9 Å². The van der Waals surface area contributed by atoms with E-state index < -0.39 is 0 Å². The Labute approximate surface area is 137 Å². The van der Waals surface area contributed by atoms with Crippen molar-refractivity contribution in [1.29, 1.82) is 0 Å². The number of carbonyl (C=O) groups excluding carboxylic acids is 1. The van der Waals surface area contributed by atoms with Crippen LogP contribution in [-0.4, -0.2) is 58.6 Å². The third kappa shape index (κ3) is 4.09. The topological polar surface area (TPSA) is 72.3 Å². The van der Waals surface area contributed by atoms with Gasteiger partial charge in [0, 0.05) is 26.9 Å². The first kappa shape index (κ1) is 16.4. The minimum absolute atomic E-state index is 0.00782. The molecule has 1 amide bonds. The summed E-state index contributed by atoms with van der Waals surface area (Å²) in [6, 6.07) is 0. The van der Waals surface area contributed by atoms with Gasteiger partial charge in [0.25, 0.3) is 0 Å². The second kappa shape index (κ2) is 7.40. The normalized spacial score (nSPS) is 25.7. The molecule has 23 heavy (non-hydrogen) atoms. The third-order valence-corrected chi connectivity index (χ3v) is 4.98. The monoisotopic (exact) mass is 321 g/mol. The predicted octanol–water partition coefficient (Wildman–Crippen LogP) is 0.568. The number of amides is 1. The second-order valence-electron chi connectivity index (χ2n) is 6.81. The van der Waals surface area contributed by atoms with Crippen molar-refractivity contribution in [3.63, 3.8) is 0 Å². The van der Waals surface area contributed by atoms with Crippen LogP contribution in [0.1, 0.15) is 31.4 Å². The second-order valence-corrected chi connectivity index (χ2v) is 6.81. The molecule has 2 aliphatic rings. The van der Waals surface area contributed by atoms with Crippen LogP contribution in [0.15, 0.2) is 6.20 Å². The van der Waals surface area contributed by atoms with E-state index in [1.165, 1.54) is 12.8 Å². The number of aromatic nitrogens is 3. The van der Waals surface area contributed by atoms with Gasteiger partial charge in [0.2, 0.25) is 5.91 Å². The summed E-state index contributed by atoms with van der Waals surface area (Å²) in [4.78, 5) is 14.5. The van der Waals surface area contributed by atoms with E-state index in [0.29, 0.717) is 19.1 Å². The molecule has 3 rings (SSSR count). The number of aryl methyl sites for hydroxylation is 1. The Bertz CT molecular complexity index is 526. The first-order chi connectivity index (χ1) is 11.1. The van der Waals surface area contributed by atoms with Gasteiger partial charge in [0.1, 0.15) is 5.69 Å². The Morgan fingerprint density at radius 1 is 1.43 bits per heavy atom. The molecule has 0 saturated carbocycles. The molecule has 0 bridgehead atoms. The number of hydrogen-bond acceptors (Lipinski definition) is 5. The molecule has 1 aromatic rings. The first-order valence-electron chi connectivity index (χ1n) is 8.56. The number of carbonyl (C=O) groups is 1. The van der Waals surface area contributed by atoms with Gasteiger partial charge in [-0.25, -0.2) is 0 Å². The number of rotatable bonds is 5. The van der Waals surface area contributed by atoms with Crippen LogP contribution < -0.4 is 5.32 Å². The summed E-state index contributed by atoms with van der Waals surface area (Å²) in [5.74, 6) is 0.846. The first-order valence-corrected chi connectivity index (χ1v) is 8.56. The van der Waals surface area contributed by atoms with Crippen LogP contribution in [0, 0.1) is 11.8 Å². The molecule has 3 heterocycles. The molecule has 2 fully saturated rings. The fraction of sp³-hybridized carbons (Fsp3) is 0.812. The molecule has 0 aromatic carbocycles. The highest BCUT2D eigenvalue weighted by Crippen LogP contribution is 2.30. The summed E-state index contributed by atoms with van der Waals surface area (Å²) in [6.07, 6.45) is 6.15. The summed E-state index contributed by atoms with van der Waals surface area (Å²) >= 11 is 0. The molecular formula is C16H27N5O2. The molecule has 0 radical (unpaired) electrons. The minimum atomic E-state index is -0.00782. The van der Waals surface area contributed by atoms with Gasteiger partial charge in [-0.2, -0.15) is 0 Å². The van der Waals surface area contributed by atoms with Crippen LogP contribution in [0.3, 0.4) is 0 Å². The van der Waals surface area contributed by atoms with Crippen LogP contribution in [0.2, 0.25) is 0 Å². The molecule has 128 valence electrons. The molecule has 0 spiro atoms. The summed E-state index contributed by atoms with van der Waals surface area (Å²) < 4.78 is 7.55. The zero-order valence-electron chi connectivity index (χ0n) is 14.1. The smallest absolute Gasteiger partial charge is 0.228 e. The Hall–Kier alpha value is -1.47. The Balaban J connectivity index is 1.56. The zero-order valence-corrected chi connectivity index (χ0v) is 14.1. The van der Waals surface area contributed by atoms with Crippen molar-refractivity contribution >= 4 is 5.91 Å². The number of piperidine rings is 1. The van der Waals surface area contributed by atoms with Crippen molar-refractivity contribution in [3.8, 4) is 0 Å². The highest BCUT2D eigenvalue weighted by atomic mass is 16.5. The molecule has 1 N–H and O–H groups in total. The van der Waals surface area contributed by atoms with E-state index in [4.69, 9.17) is 4.74 Å². The van der Waals surface area contributed by atoms with Crippen LogP contribution in [0.25, 0.3) is 0 Å². The van der Waals surface area contributed by atoms with Crippen molar-refractivity contribution in [1.82, 2.24) is 25.2 Å². The number of nitrogens with zero attached hydrogens (tertiary/aromatic N) is 4. The lowest BCUT2D eigenvalue weighted by atomic mass is 9.87. The van der Waals surface area contributed by atoms with Crippen LogP contribution in [0.5, 0.6) is 0 Å². The molecule has 7 nitrogen and oxygen atoms in total. The van der Waals surface area contributed by atoms with E-state index in [1.54, 1.807) is 9.58 Å². The fourth-order valence-electron chi connectivity index (χ4n) is 3.68. The standard InChI is InChI=1S/C16H27N5O2/c1-20(10-13-11-21(2)19-18-13)16(22)14-5-8-23-15(14)9-12-3-6-17-7-4-12/h11-12,14-15,17H,3-10H2,1-2H3/t14-,15-/m1/s1. The molecule has 0 unspecified atom stereocenters. The Morgan fingerprint density at radius 2 is 2.22 bits per heavy atom. The SMILES string of the molecule is CN(Cc1cn(C)nn1)C(=O)[C@@H]1CCO[C@@H]1CC1CCNCC1. The van der Waals surface area contributed by atoms with Gasteiger partial charge >= 0.3 is 0 Å². The molecular weight excluding hydrogens is 294 g/mol. The molecule has 7 heteroatoms. The van der Waals surface area contributed by atoms with Crippen molar-refractivity contribution in [2.45, 2.75) is 38.3 Å². The van der Waals surface area contributed by atoms with Gasteiger partial charge in [-0.1, -0.05) is 5.21 Å². The van der Waals surface area contributed by atoms with E-state index in [2.05, 4.69) is 15.6 Å². The van der Waals surface area contributed by atoms with Crippen LogP contribution in [-0.2, 0) is 23.1 Å². The molecule has 2 saturated heterocycles. The fourth-order valence-corrected chi connectivity index (χ4v) is 3.68. The van der Waals surface area contributed by atoms with Gasteiger partial charge in [-0.3, -0.25) is 9.48 Å². The van der Waals surface area contributed by atoms with Crippen molar-refractivity contribution in [2.75, 3.05) is 26.7 Å². The van der Waals surface area contributed by atoms with Gasteiger partial charge in [-0.05, 0) is 44.7 Å². The Kier molecular flexibility index (Phi) is 5.27. The summed E-state index contributed by atoms with van der Waals surface area (Å²) in [5.41, 5.74) is 0.817. The van der Waals surface area contributed by atoms with E-state index in [1.807, 2.05) is 20.3 Å². The molecule has 1 aromatic heterocycles. The largest absolute Gasteiger partial charge is 0.377 e. The quantitative estimate of drug-likeness (QED) is 0.858. The van der Waals surface area contributed by atoms with E-state index in [0.717, 1.165) is 31.6 Å². The van der Waals surface area contributed by atoms with Gasteiger partial charge in [-0.15, -0.1) is 5.10 Å². The lowest BCUT2D eigenvalue weighted by molar-refractivity contribution is -0.136. The maximum Gasteiger partial charge on any atom is 0.228 e. The van der Waals surface area contributed by atoms with E-state index in [-0.39, 0.29) is 17.9 Å². The predicted molar refractivity (Wildman–Crippen MR) is 85.5 cm³/mol. The maximum atomic E-state index is 12.8. The summed E-state index contributed by atoms with van der Waals surface area (Å²) in [6.45, 7) is 3.37. The van der Waals surface area contributed by atoms with E-state index in [9.17, 15) is 4.79 Å². The van der Waals surface area contributed by atoms with E-state index >= 15 is 0 Å². The number of ether oxygens (including phenoxy) is 1. The van der Waals surface area contributed by atoms with Crippen molar-refractivity contribution < 1.29 is 9.53 Å². The average Bonchev–Trinajstić information content (AvgIpc) is 3.16. The lowest BCUT2D eigenvalue weighted by Crippen LogP contribution is -2.38. The highest BCUT2D eigenvalue weighted by molar-refractivity contribution is 5.79. The summed E-state index contributed by atoms with van der Waals surface area (Å²) in [7, 11) is 3.68. The zero-order chi connectivity index (χ0) is 16.2.